The Hall–Kier alpha value is -1.81. The van der Waals surface area contributed by atoms with Gasteiger partial charge in [0.25, 0.3) is 0 Å². The highest BCUT2D eigenvalue weighted by Crippen LogP contribution is 2.15. The van der Waals surface area contributed by atoms with Crippen molar-refractivity contribution in [2.45, 2.75) is 27.2 Å². The molecule has 0 bridgehead atoms. The quantitative estimate of drug-likeness (QED) is 0.839. The van der Waals surface area contributed by atoms with Crippen LogP contribution in [0.2, 0.25) is 5.02 Å². The van der Waals surface area contributed by atoms with Crippen LogP contribution in [-0.4, -0.2) is 29.6 Å². The van der Waals surface area contributed by atoms with Crippen LogP contribution >= 0.6 is 11.6 Å². The third-order valence-electron chi connectivity index (χ3n) is 3.54. The molecule has 1 aromatic heterocycles. The Bertz CT molecular complexity index is 594. The summed E-state index contributed by atoms with van der Waals surface area (Å²) in [6.45, 7) is 8.94. The highest BCUT2D eigenvalue weighted by Gasteiger charge is 2.07. The molecule has 2 aromatic rings. The molecule has 0 unspecified atom stereocenters. The van der Waals surface area contributed by atoms with Crippen molar-refractivity contribution in [3.05, 3.63) is 46.6 Å². The lowest BCUT2D eigenvalue weighted by Gasteiger charge is -2.20. The van der Waals surface area contributed by atoms with E-state index in [0.29, 0.717) is 5.95 Å². The second kappa shape index (κ2) is 7.99. The van der Waals surface area contributed by atoms with Crippen LogP contribution in [-0.2, 0) is 6.42 Å². The standard InChI is InChI=1S/C17H23ClN4/c1-4-22(5-2)16-12-13(3)20-17(21-16)19-11-10-14-6-8-15(18)9-7-14/h6-9,12H,4-5,10-11H2,1-3H3,(H,19,20,21). The maximum absolute atomic E-state index is 5.89. The smallest absolute Gasteiger partial charge is 0.224 e. The lowest BCUT2D eigenvalue weighted by atomic mass is 10.1. The van der Waals surface area contributed by atoms with Crippen molar-refractivity contribution < 1.29 is 0 Å². The molecular weight excluding hydrogens is 296 g/mol. The molecule has 0 radical (unpaired) electrons. The van der Waals surface area contributed by atoms with Crippen molar-refractivity contribution in [2.75, 3.05) is 29.9 Å². The minimum absolute atomic E-state index is 0.691. The predicted octanol–water partition coefficient (Wildman–Crippen LogP) is 3.94. The van der Waals surface area contributed by atoms with E-state index in [1.807, 2.05) is 37.3 Å². The largest absolute Gasteiger partial charge is 0.357 e. The molecule has 0 aliphatic carbocycles. The summed E-state index contributed by atoms with van der Waals surface area (Å²) in [7, 11) is 0. The minimum Gasteiger partial charge on any atom is -0.357 e. The number of hydrogen-bond acceptors (Lipinski definition) is 4. The molecule has 5 heteroatoms. The Labute approximate surface area is 137 Å². The molecule has 1 aromatic carbocycles. The molecule has 4 nitrogen and oxygen atoms in total. The van der Waals surface area contributed by atoms with Crippen LogP contribution in [0.25, 0.3) is 0 Å². The molecule has 0 saturated heterocycles. The summed E-state index contributed by atoms with van der Waals surface area (Å²) in [6, 6.07) is 9.94. The van der Waals surface area contributed by atoms with E-state index in [4.69, 9.17) is 11.6 Å². The molecule has 2 rings (SSSR count). The van der Waals surface area contributed by atoms with Crippen LogP contribution in [0.5, 0.6) is 0 Å². The van der Waals surface area contributed by atoms with Gasteiger partial charge in [0.05, 0.1) is 0 Å². The van der Waals surface area contributed by atoms with E-state index in [-0.39, 0.29) is 0 Å². The fourth-order valence-electron chi connectivity index (χ4n) is 2.31. The minimum atomic E-state index is 0.691. The van der Waals surface area contributed by atoms with Crippen LogP contribution in [0.15, 0.2) is 30.3 Å². The van der Waals surface area contributed by atoms with E-state index in [2.05, 4.69) is 34.0 Å². The van der Waals surface area contributed by atoms with Gasteiger partial charge in [-0.2, -0.15) is 4.98 Å². The number of hydrogen-bond donors (Lipinski definition) is 1. The van der Waals surface area contributed by atoms with Gasteiger partial charge >= 0.3 is 0 Å². The molecule has 1 heterocycles. The predicted molar refractivity (Wildman–Crippen MR) is 94.0 cm³/mol. The summed E-state index contributed by atoms with van der Waals surface area (Å²) >= 11 is 5.89. The number of nitrogens with zero attached hydrogens (tertiary/aromatic N) is 3. The Morgan fingerprint density at radius 3 is 2.41 bits per heavy atom. The van der Waals surface area contributed by atoms with Gasteiger partial charge in [-0.05, 0) is 44.9 Å². The zero-order chi connectivity index (χ0) is 15.9. The van der Waals surface area contributed by atoms with E-state index in [9.17, 15) is 0 Å². The highest BCUT2D eigenvalue weighted by atomic mass is 35.5. The van der Waals surface area contributed by atoms with E-state index in [1.165, 1.54) is 5.56 Å². The molecule has 0 atom stereocenters. The zero-order valence-electron chi connectivity index (χ0n) is 13.4. The molecule has 0 amide bonds. The van der Waals surface area contributed by atoms with Gasteiger partial charge in [-0.15, -0.1) is 0 Å². The van der Waals surface area contributed by atoms with Crippen molar-refractivity contribution in [1.82, 2.24) is 9.97 Å². The van der Waals surface area contributed by atoms with Crippen LogP contribution in [0.3, 0.4) is 0 Å². The Morgan fingerprint density at radius 1 is 1.09 bits per heavy atom. The average Bonchev–Trinajstić information content (AvgIpc) is 2.50. The Kier molecular flexibility index (Phi) is 6.01. The summed E-state index contributed by atoms with van der Waals surface area (Å²) in [4.78, 5) is 11.3. The summed E-state index contributed by atoms with van der Waals surface area (Å²) in [5, 5.41) is 4.08. The number of rotatable bonds is 7. The number of nitrogens with one attached hydrogen (secondary N) is 1. The molecule has 0 aliphatic heterocycles. The van der Waals surface area contributed by atoms with Crippen LogP contribution in [0.1, 0.15) is 25.1 Å². The van der Waals surface area contributed by atoms with Crippen LogP contribution in [0, 0.1) is 6.92 Å². The van der Waals surface area contributed by atoms with Crippen LogP contribution in [0.4, 0.5) is 11.8 Å². The lowest BCUT2D eigenvalue weighted by Crippen LogP contribution is -2.24. The maximum Gasteiger partial charge on any atom is 0.224 e. The van der Waals surface area contributed by atoms with Gasteiger partial charge in [0, 0.05) is 36.4 Å². The third-order valence-corrected chi connectivity index (χ3v) is 3.79. The van der Waals surface area contributed by atoms with Crippen molar-refractivity contribution >= 4 is 23.4 Å². The third kappa shape index (κ3) is 4.60. The van der Waals surface area contributed by atoms with Gasteiger partial charge in [-0.1, -0.05) is 23.7 Å². The Morgan fingerprint density at radius 2 is 1.77 bits per heavy atom. The zero-order valence-corrected chi connectivity index (χ0v) is 14.2. The molecule has 0 saturated carbocycles. The summed E-state index contributed by atoms with van der Waals surface area (Å²) in [6.07, 6.45) is 0.912. The number of anilines is 2. The van der Waals surface area contributed by atoms with Gasteiger partial charge in [0.1, 0.15) is 5.82 Å². The fourth-order valence-corrected chi connectivity index (χ4v) is 2.44. The van der Waals surface area contributed by atoms with Gasteiger partial charge < -0.3 is 10.2 Å². The van der Waals surface area contributed by atoms with Crippen LogP contribution < -0.4 is 10.2 Å². The SMILES string of the molecule is CCN(CC)c1cc(C)nc(NCCc2ccc(Cl)cc2)n1. The van der Waals surface area contributed by atoms with Crippen molar-refractivity contribution in [3.63, 3.8) is 0 Å². The molecule has 1 N–H and O–H groups in total. The first-order chi connectivity index (χ1) is 10.6. The second-order valence-corrected chi connectivity index (χ2v) is 5.60. The summed E-state index contributed by atoms with van der Waals surface area (Å²) in [5.41, 5.74) is 2.22. The van der Waals surface area contributed by atoms with Crippen molar-refractivity contribution in [1.29, 1.82) is 0 Å². The molecule has 118 valence electrons. The molecule has 0 aliphatic rings. The monoisotopic (exact) mass is 318 g/mol. The first kappa shape index (κ1) is 16.6. The van der Waals surface area contributed by atoms with E-state index in [0.717, 1.165) is 42.6 Å². The number of aromatic nitrogens is 2. The number of aryl methyl sites for hydroxylation is 1. The van der Waals surface area contributed by atoms with Crippen molar-refractivity contribution in [3.8, 4) is 0 Å². The molecule has 0 spiro atoms. The highest BCUT2D eigenvalue weighted by molar-refractivity contribution is 6.30. The lowest BCUT2D eigenvalue weighted by molar-refractivity contribution is 0.837. The molecule has 22 heavy (non-hydrogen) atoms. The van der Waals surface area contributed by atoms with E-state index < -0.39 is 0 Å². The van der Waals surface area contributed by atoms with Gasteiger partial charge in [-0.25, -0.2) is 4.98 Å². The van der Waals surface area contributed by atoms with E-state index in [1.54, 1.807) is 0 Å². The summed E-state index contributed by atoms with van der Waals surface area (Å²) < 4.78 is 0. The maximum atomic E-state index is 5.89. The normalized spacial score (nSPS) is 10.5. The first-order valence-electron chi connectivity index (χ1n) is 7.71. The number of halogens is 1. The average molecular weight is 319 g/mol. The second-order valence-electron chi connectivity index (χ2n) is 5.17. The summed E-state index contributed by atoms with van der Waals surface area (Å²) in [5.74, 6) is 1.67. The Balaban J connectivity index is 1.98. The topological polar surface area (TPSA) is 41.1 Å². The number of benzene rings is 1. The van der Waals surface area contributed by atoms with E-state index >= 15 is 0 Å². The molecule has 0 fully saturated rings. The van der Waals surface area contributed by atoms with Crippen molar-refractivity contribution in [2.24, 2.45) is 0 Å². The van der Waals surface area contributed by atoms with Gasteiger partial charge in [0.15, 0.2) is 0 Å². The van der Waals surface area contributed by atoms with Gasteiger partial charge in [0.2, 0.25) is 5.95 Å². The molecular formula is C17H23ClN4. The van der Waals surface area contributed by atoms with Gasteiger partial charge in [-0.3, -0.25) is 0 Å². The first-order valence-corrected chi connectivity index (χ1v) is 8.09. The fraction of sp³-hybridized carbons (Fsp3) is 0.412.